The van der Waals surface area contributed by atoms with Crippen LogP contribution in [0.3, 0.4) is 0 Å². The second-order valence-corrected chi connectivity index (χ2v) is 4.45. The summed E-state index contributed by atoms with van der Waals surface area (Å²) >= 11 is 5.72. The lowest BCUT2D eigenvalue weighted by Crippen LogP contribution is -2.20. The molecule has 0 aliphatic heterocycles. The normalized spacial score (nSPS) is 9.95. The second-order valence-electron chi connectivity index (χ2n) is 4.01. The Balaban J connectivity index is 2.16. The van der Waals surface area contributed by atoms with Crippen LogP contribution in [0.15, 0.2) is 42.5 Å². The Hall–Kier alpha value is -2.80. The summed E-state index contributed by atoms with van der Waals surface area (Å²) in [5.41, 5.74) is -0.217. The zero-order valence-electron chi connectivity index (χ0n) is 10.5. The number of halogens is 1. The van der Waals surface area contributed by atoms with Gasteiger partial charge in [-0.1, -0.05) is 17.7 Å². The largest absolute Gasteiger partial charge is 0.505 e. The quantitative estimate of drug-likeness (QED) is 0.457. The third kappa shape index (κ3) is 3.61. The van der Waals surface area contributed by atoms with Crippen molar-refractivity contribution in [3.63, 3.8) is 0 Å². The van der Waals surface area contributed by atoms with Crippen molar-refractivity contribution in [2.45, 2.75) is 0 Å². The molecule has 0 heterocycles. The molecule has 0 atom stereocenters. The van der Waals surface area contributed by atoms with Crippen LogP contribution in [0.1, 0.15) is 0 Å². The van der Waals surface area contributed by atoms with E-state index in [2.05, 4.69) is 10.6 Å². The van der Waals surface area contributed by atoms with Crippen LogP contribution in [-0.2, 0) is 0 Å². The van der Waals surface area contributed by atoms with Crippen LogP contribution in [0.5, 0.6) is 5.75 Å². The van der Waals surface area contributed by atoms with E-state index in [0.717, 1.165) is 0 Å². The highest BCUT2D eigenvalue weighted by atomic mass is 35.5. The third-order valence-corrected chi connectivity index (χ3v) is 2.81. The summed E-state index contributed by atoms with van der Waals surface area (Å²) in [6.45, 7) is 0. The number of urea groups is 1. The molecule has 7 nitrogen and oxygen atoms in total. The first kappa shape index (κ1) is 14.6. The number of nitrogens with zero attached hydrogens (tertiary/aromatic N) is 1. The standard InChI is InChI=1S/C13H10ClN3O4/c14-8-4-6-9(7-5-8)15-13(19)16-12-10(17(20)21)2-1-3-11(12)18/h1-7,18H,(H2,15,16,19). The van der Waals surface area contributed by atoms with E-state index < -0.39 is 22.4 Å². The fraction of sp³-hybridized carbons (Fsp3) is 0. The van der Waals surface area contributed by atoms with Crippen molar-refractivity contribution in [3.05, 3.63) is 57.6 Å². The second kappa shape index (κ2) is 6.10. The van der Waals surface area contributed by atoms with Gasteiger partial charge in [0.15, 0.2) is 5.69 Å². The molecule has 0 radical (unpaired) electrons. The van der Waals surface area contributed by atoms with Gasteiger partial charge in [-0.3, -0.25) is 15.4 Å². The number of benzene rings is 2. The molecule has 0 fully saturated rings. The number of anilines is 2. The van der Waals surface area contributed by atoms with E-state index in [9.17, 15) is 20.0 Å². The van der Waals surface area contributed by atoms with E-state index >= 15 is 0 Å². The predicted molar refractivity (Wildman–Crippen MR) is 78.9 cm³/mol. The average Bonchev–Trinajstić information content (AvgIpc) is 2.43. The molecule has 8 heteroatoms. The number of hydrogen-bond acceptors (Lipinski definition) is 4. The molecule has 2 amide bonds. The van der Waals surface area contributed by atoms with Crippen molar-refractivity contribution >= 4 is 34.7 Å². The summed E-state index contributed by atoms with van der Waals surface area (Å²) in [6, 6.07) is 9.32. The Bertz CT molecular complexity index is 688. The van der Waals surface area contributed by atoms with Gasteiger partial charge in [-0.2, -0.15) is 0 Å². The van der Waals surface area contributed by atoms with E-state index in [1.54, 1.807) is 24.3 Å². The lowest BCUT2D eigenvalue weighted by Gasteiger charge is -2.09. The number of nitro benzene ring substituents is 1. The van der Waals surface area contributed by atoms with Gasteiger partial charge in [0.1, 0.15) is 5.75 Å². The Labute approximate surface area is 124 Å². The van der Waals surface area contributed by atoms with Crippen LogP contribution >= 0.6 is 11.6 Å². The number of nitrogens with one attached hydrogen (secondary N) is 2. The molecular weight excluding hydrogens is 298 g/mol. The molecular formula is C13H10ClN3O4. The molecule has 2 aromatic rings. The summed E-state index contributed by atoms with van der Waals surface area (Å²) in [5, 5.41) is 25.7. The van der Waals surface area contributed by atoms with Gasteiger partial charge in [-0.15, -0.1) is 0 Å². The average molecular weight is 308 g/mol. The smallest absolute Gasteiger partial charge is 0.323 e. The molecule has 2 rings (SSSR count). The highest BCUT2D eigenvalue weighted by Gasteiger charge is 2.19. The topological polar surface area (TPSA) is 104 Å². The van der Waals surface area contributed by atoms with E-state index in [-0.39, 0.29) is 5.69 Å². The molecule has 0 spiro atoms. The van der Waals surface area contributed by atoms with Gasteiger partial charge in [0.25, 0.3) is 5.69 Å². The summed E-state index contributed by atoms with van der Waals surface area (Å²) in [4.78, 5) is 22.0. The fourth-order valence-corrected chi connectivity index (χ4v) is 1.74. The zero-order valence-corrected chi connectivity index (χ0v) is 11.3. The SMILES string of the molecule is O=C(Nc1ccc(Cl)cc1)Nc1c(O)cccc1[N+](=O)[O-]. The minimum atomic E-state index is -0.720. The Morgan fingerprint density at radius 1 is 1.14 bits per heavy atom. The van der Waals surface area contributed by atoms with Gasteiger partial charge in [-0.05, 0) is 30.3 Å². The number of para-hydroxylation sites is 1. The van der Waals surface area contributed by atoms with Gasteiger partial charge in [0, 0.05) is 16.8 Å². The molecule has 21 heavy (non-hydrogen) atoms. The van der Waals surface area contributed by atoms with Crippen molar-refractivity contribution < 1.29 is 14.8 Å². The highest BCUT2D eigenvalue weighted by Crippen LogP contribution is 2.33. The van der Waals surface area contributed by atoms with Gasteiger partial charge >= 0.3 is 6.03 Å². The van der Waals surface area contributed by atoms with Crippen LogP contribution in [-0.4, -0.2) is 16.1 Å². The number of carbonyl (C=O) groups is 1. The molecule has 2 aromatic carbocycles. The Kier molecular flexibility index (Phi) is 4.24. The Morgan fingerprint density at radius 3 is 2.43 bits per heavy atom. The van der Waals surface area contributed by atoms with Crippen LogP contribution in [0.4, 0.5) is 21.9 Å². The number of carbonyl (C=O) groups excluding carboxylic acids is 1. The van der Waals surface area contributed by atoms with Crippen molar-refractivity contribution in [2.24, 2.45) is 0 Å². The molecule has 0 bridgehead atoms. The molecule has 3 N–H and O–H groups in total. The number of nitro groups is 1. The maximum absolute atomic E-state index is 11.8. The maximum Gasteiger partial charge on any atom is 0.323 e. The Morgan fingerprint density at radius 2 is 1.81 bits per heavy atom. The molecule has 0 aromatic heterocycles. The predicted octanol–water partition coefficient (Wildman–Crippen LogP) is 3.60. The summed E-state index contributed by atoms with van der Waals surface area (Å²) in [6.07, 6.45) is 0. The lowest BCUT2D eigenvalue weighted by atomic mass is 10.2. The summed E-state index contributed by atoms with van der Waals surface area (Å²) in [5.74, 6) is -0.393. The number of phenols is 1. The minimum absolute atomic E-state index is 0.269. The molecule has 0 saturated heterocycles. The van der Waals surface area contributed by atoms with Crippen LogP contribution in [0.25, 0.3) is 0 Å². The highest BCUT2D eigenvalue weighted by molar-refractivity contribution is 6.30. The van der Waals surface area contributed by atoms with Gasteiger partial charge in [0.05, 0.1) is 4.92 Å². The first-order valence-corrected chi connectivity index (χ1v) is 6.15. The van der Waals surface area contributed by atoms with Crippen LogP contribution in [0.2, 0.25) is 5.02 Å². The van der Waals surface area contributed by atoms with Gasteiger partial charge in [-0.25, -0.2) is 4.79 Å². The zero-order chi connectivity index (χ0) is 15.4. The van der Waals surface area contributed by atoms with Crippen LogP contribution < -0.4 is 10.6 Å². The van der Waals surface area contributed by atoms with Crippen molar-refractivity contribution in [2.75, 3.05) is 10.6 Å². The first-order chi connectivity index (χ1) is 9.97. The van der Waals surface area contributed by atoms with Crippen molar-refractivity contribution in [3.8, 4) is 5.75 Å². The molecule has 0 saturated carbocycles. The molecule has 0 aliphatic rings. The molecule has 108 valence electrons. The van der Waals surface area contributed by atoms with Gasteiger partial charge < -0.3 is 10.4 Å². The van der Waals surface area contributed by atoms with Crippen molar-refractivity contribution in [1.29, 1.82) is 0 Å². The number of aromatic hydroxyl groups is 1. The lowest BCUT2D eigenvalue weighted by molar-refractivity contribution is -0.384. The first-order valence-electron chi connectivity index (χ1n) is 5.77. The van der Waals surface area contributed by atoms with Gasteiger partial charge in [0.2, 0.25) is 0 Å². The molecule has 0 unspecified atom stereocenters. The maximum atomic E-state index is 11.8. The van der Waals surface area contributed by atoms with E-state index in [1.165, 1.54) is 18.2 Å². The van der Waals surface area contributed by atoms with E-state index in [0.29, 0.717) is 10.7 Å². The number of hydrogen-bond donors (Lipinski definition) is 3. The van der Waals surface area contributed by atoms with E-state index in [1.807, 2.05) is 0 Å². The third-order valence-electron chi connectivity index (χ3n) is 2.56. The number of phenolic OH excluding ortho intramolecular Hbond substituents is 1. The van der Waals surface area contributed by atoms with E-state index in [4.69, 9.17) is 11.6 Å². The van der Waals surface area contributed by atoms with Crippen LogP contribution in [0, 0.1) is 10.1 Å². The molecule has 0 aliphatic carbocycles. The number of amides is 2. The minimum Gasteiger partial charge on any atom is -0.505 e. The fourth-order valence-electron chi connectivity index (χ4n) is 1.62. The summed E-state index contributed by atoms with van der Waals surface area (Å²) in [7, 11) is 0. The van der Waals surface area contributed by atoms with Crippen molar-refractivity contribution in [1.82, 2.24) is 0 Å². The summed E-state index contributed by atoms with van der Waals surface area (Å²) < 4.78 is 0. The number of rotatable bonds is 3. The monoisotopic (exact) mass is 307 g/mol.